The van der Waals surface area contributed by atoms with Gasteiger partial charge < -0.3 is 10.5 Å². The molecule has 0 aromatic heterocycles. The Kier molecular flexibility index (Phi) is 8.83. The van der Waals surface area contributed by atoms with Gasteiger partial charge in [-0.25, -0.2) is 0 Å². The van der Waals surface area contributed by atoms with Crippen LogP contribution in [0.1, 0.15) is 38.5 Å². The van der Waals surface area contributed by atoms with Gasteiger partial charge >= 0.3 is 0 Å². The summed E-state index contributed by atoms with van der Waals surface area (Å²) in [7, 11) is 1.64. The highest BCUT2D eigenvalue weighted by atomic mass is 32.1. The molecular formula is C9H19NOS. The average Bonchev–Trinajstić information content (AvgIpc) is 2.10. The summed E-state index contributed by atoms with van der Waals surface area (Å²) < 4.78 is 4.89. The highest BCUT2D eigenvalue weighted by Crippen LogP contribution is 2.05. The highest BCUT2D eigenvalue weighted by molar-refractivity contribution is 7.80. The lowest BCUT2D eigenvalue weighted by Gasteiger charge is -2.01. The molecule has 0 radical (unpaired) electrons. The molecule has 0 aliphatic carbocycles. The van der Waals surface area contributed by atoms with Gasteiger partial charge in [-0.15, -0.1) is 0 Å². The summed E-state index contributed by atoms with van der Waals surface area (Å²) in [6, 6.07) is 0. The zero-order valence-electron chi connectivity index (χ0n) is 7.84. The van der Waals surface area contributed by atoms with Crippen LogP contribution in [0.5, 0.6) is 0 Å². The van der Waals surface area contributed by atoms with Gasteiger partial charge in [0.2, 0.25) is 0 Å². The Bertz CT molecular complexity index is 117. The van der Waals surface area contributed by atoms with E-state index < -0.39 is 0 Å². The first-order chi connectivity index (χ1) is 5.81. The molecule has 0 atom stereocenters. The summed E-state index contributed by atoms with van der Waals surface area (Å²) >= 11 is 4.91. The molecule has 0 spiro atoms. The first-order valence-electron chi connectivity index (χ1n) is 4.58. The number of unbranched alkanes of at least 4 members (excludes halogenated alkanes) is 4. The maximum absolute atomic E-state index is 5.37. The summed E-state index contributed by atoms with van der Waals surface area (Å²) in [6.45, 7) is 0.816. The Hall–Kier alpha value is -0.150. The number of rotatable bonds is 7. The molecule has 0 saturated heterocycles. The third kappa shape index (κ3) is 7.95. The molecule has 0 bridgehead atoms. The molecule has 0 saturated carbocycles. The zero-order valence-corrected chi connectivity index (χ0v) is 8.66. The smallest absolute Gasteiger partial charge is 0.159 e. The summed E-state index contributed by atoms with van der Waals surface area (Å²) in [4.78, 5) is 0. The van der Waals surface area contributed by atoms with Crippen molar-refractivity contribution in [3.05, 3.63) is 0 Å². The minimum atomic E-state index is 0.730. The van der Waals surface area contributed by atoms with Gasteiger partial charge in [-0.2, -0.15) is 0 Å². The van der Waals surface area contributed by atoms with Gasteiger partial charge in [-0.1, -0.05) is 19.3 Å². The lowest BCUT2D eigenvalue weighted by Crippen LogP contribution is -1.98. The van der Waals surface area contributed by atoms with Crippen molar-refractivity contribution in [3.8, 4) is 0 Å². The second-order valence-electron chi connectivity index (χ2n) is 2.88. The number of ether oxygens (including phenoxy) is 1. The van der Waals surface area contributed by atoms with Crippen LogP contribution >= 0.6 is 12.2 Å². The fourth-order valence-electron chi connectivity index (χ4n) is 1.05. The van der Waals surface area contributed by atoms with Crippen molar-refractivity contribution in [2.75, 3.05) is 13.7 Å². The minimum absolute atomic E-state index is 0.730. The van der Waals surface area contributed by atoms with Crippen LogP contribution in [0.4, 0.5) is 0 Å². The number of hydrogen-bond acceptors (Lipinski definition) is 3. The Morgan fingerprint density at radius 3 is 2.33 bits per heavy atom. The maximum Gasteiger partial charge on any atom is 0.159 e. The van der Waals surface area contributed by atoms with Gasteiger partial charge in [0.05, 0.1) is 7.11 Å². The van der Waals surface area contributed by atoms with Crippen LogP contribution in [0.3, 0.4) is 0 Å². The molecule has 0 rings (SSSR count). The highest BCUT2D eigenvalue weighted by Gasteiger charge is 1.94. The molecule has 12 heavy (non-hydrogen) atoms. The topological polar surface area (TPSA) is 35.2 Å². The molecule has 0 aromatic carbocycles. The maximum atomic E-state index is 5.37. The molecule has 3 heteroatoms. The first-order valence-corrected chi connectivity index (χ1v) is 4.99. The van der Waals surface area contributed by atoms with E-state index >= 15 is 0 Å². The van der Waals surface area contributed by atoms with Gasteiger partial charge in [0.1, 0.15) is 0 Å². The standard InChI is InChI=1S/C9H19NOS/c1-11-9(12)7-5-3-2-4-6-8-10/h2-8,10H2,1H3. The Labute approximate surface area is 80.5 Å². The van der Waals surface area contributed by atoms with Crippen LogP contribution < -0.4 is 5.73 Å². The number of hydrogen-bond donors (Lipinski definition) is 1. The largest absolute Gasteiger partial charge is 0.490 e. The Balaban J connectivity index is 2.95. The summed E-state index contributed by atoms with van der Waals surface area (Å²) in [5.74, 6) is 0. The Morgan fingerprint density at radius 2 is 1.75 bits per heavy atom. The molecule has 0 unspecified atom stereocenters. The van der Waals surface area contributed by atoms with Crippen molar-refractivity contribution < 1.29 is 4.74 Å². The normalized spacial score (nSPS) is 9.83. The number of nitrogens with two attached hydrogens (primary N) is 1. The van der Waals surface area contributed by atoms with Crippen LogP contribution in [0.15, 0.2) is 0 Å². The van der Waals surface area contributed by atoms with E-state index in [4.69, 9.17) is 22.7 Å². The van der Waals surface area contributed by atoms with Crippen molar-refractivity contribution in [2.24, 2.45) is 5.73 Å². The van der Waals surface area contributed by atoms with E-state index in [0.717, 1.165) is 30.9 Å². The van der Waals surface area contributed by atoms with Gasteiger partial charge in [0.15, 0.2) is 5.05 Å². The lowest BCUT2D eigenvalue weighted by atomic mass is 10.1. The van der Waals surface area contributed by atoms with Gasteiger partial charge in [-0.05, 0) is 31.6 Å². The molecule has 0 amide bonds. The van der Waals surface area contributed by atoms with E-state index in [2.05, 4.69) is 0 Å². The molecule has 0 aliphatic rings. The van der Waals surface area contributed by atoms with Crippen molar-refractivity contribution in [1.29, 1.82) is 0 Å². The Morgan fingerprint density at radius 1 is 1.17 bits per heavy atom. The van der Waals surface area contributed by atoms with Crippen LogP contribution in [-0.2, 0) is 4.74 Å². The fourth-order valence-corrected chi connectivity index (χ4v) is 1.19. The van der Waals surface area contributed by atoms with Crippen LogP contribution in [0.2, 0.25) is 0 Å². The van der Waals surface area contributed by atoms with E-state index in [9.17, 15) is 0 Å². The molecular weight excluding hydrogens is 170 g/mol. The SMILES string of the molecule is COC(=S)CCCCCCCN. The molecule has 2 N–H and O–H groups in total. The van der Waals surface area contributed by atoms with Gasteiger partial charge in [-0.3, -0.25) is 0 Å². The lowest BCUT2D eigenvalue weighted by molar-refractivity contribution is 0.399. The average molecular weight is 189 g/mol. The van der Waals surface area contributed by atoms with E-state index in [-0.39, 0.29) is 0 Å². The van der Waals surface area contributed by atoms with E-state index in [1.807, 2.05) is 0 Å². The number of thiocarbonyl (C=S) groups is 1. The van der Waals surface area contributed by atoms with Gasteiger partial charge in [0.25, 0.3) is 0 Å². The molecule has 2 nitrogen and oxygen atoms in total. The number of methoxy groups -OCH3 is 1. The summed E-state index contributed by atoms with van der Waals surface area (Å²) in [5.41, 5.74) is 5.37. The van der Waals surface area contributed by atoms with Crippen LogP contribution in [0, 0.1) is 0 Å². The zero-order chi connectivity index (χ0) is 9.23. The summed E-state index contributed by atoms with van der Waals surface area (Å²) in [6.07, 6.45) is 6.98. The second kappa shape index (κ2) is 8.94. The quantitative estimate of drug-likeness (QED) is 0.493. The molecule has 0 fully saturated rings. The van der Waals surface area contributed by atoms with Crippen molar-refractivity contribution in [1.82, 2.24) is 0 Å². The minimum Gasteiger partial charge on any atom is -0.490 e. The first kappa shape index (κ1) is 11.8. The predicted octanol–water partition coefficient (Wildman–Crippen LogP) is 2.26. The molecule has 0 aliphatic heterocycles. The van der Waals surface area contributed by atoms with E-state index in [1.165, 1.54) is 19.3 Å². The predicted molar refractivity (Wildman–Crippen MR) is 56.4 cm³/mol. The van der Waals surface area contributed by atoms with Crippen molar-refractivity contribution >= 4 is 17.3 Å². The van der Waals surface area contributed by atoms with E-state index in [0.29, 0.717) is 0 Å². The van der Waals surface area contributed by atoms with Crippen molar-refractivity contribution in [3.63, 3.8) is 0 Å². The van der Waals surface area contributed by atoms with E-state index in [1.54, 1.807) is 7.11 Å². The van der Waals surface area contributed by atoms with Crippen molar-refractivity contribution in [2.45, 2.75) is 38.5 Å². The monoisotopic (exact) mass is 189 g/mol. The van der Waals surface area contributed by atoms with Crippen LogP contribution in [0.25, 0.3) is 0 Å². The van der Waals surface area contributed by atoms with Crippen LogP contribution in [-0.4, -0.2) is 18.7 Å². The van der Waals surface area contributed by atoms with Gasteiger partial charge in [0, 0.05) is 6.42 Å². The summed E-state index contributed by atoms with van der Waals surface area (Å²) in [5, 5.41) is 0.730. The molecule has 0 heterocycles. The molecule has 72 valence electrons. The third-order valence-electron chi connectivity index (χ3n) is 1.81. The fraction of sp³-hybridized carbons (Fsp3) is 0.889. The molecule has 0 aromatic rings. The third-order valence-corrected chi connectivity index (χ3v) is 2.18. The second-order valence-corrected chi connectivity index (χ2v) is 3.34.